The molecule has 0 aromatic carbocycles. The second-order valence-corrected chi connectivity index (χ2v) is 3.00. The molecule has 11 heavy (non-hydrogen) atoms. The van der Waals surface area contributed by atoms with Crippen LogP contribution in [0.4, 0.5) is 0 Å². The number of aliphatic imine (C=N–C) groups is 1. The van der Waals surface area contributed by atoms with Gasteiger partial charge in [0.15, 0.2) is 0 Å². The van der Waals surface area contributed by atoms with Crippen molar-refractivity contribution in [3.8, 4) is 0 Å². The Labute approximate surface area is 65.0 Å². The molecule has 0 radical (unpaired) electrons. The van der Waals surface area contributed by atoms with Crippen LogP contribution in [0.5, 0.6) is 0 Å². The minimum absolute atomic E-state index is 0.0804. The van der Waals surface area contributed by atoms with Crippen molar-refractivity contribution in [2.24, 2.45) is 10.7 Å². The number of hydrogen-bond acceptors (Lipinski definition) is 2. The van der Waals surface area contributed by atoms with E-state index in [0.717, 1.165) is 24.8 Å². The van der Waals surface area contributed by atoms with Crippen LogP contribution >= 0.6 is 0 Å². The molecule has 3 heteroatoms. The lowest BCUT2D eigenvalue weighted by molar-refractivity contribution is -0.117. The fourth-order valence-electron chi connectivity index (χ4n) is 1.73. The van der Waals surface area contributed by atoms with Crippen LogP contribution in [-0.2, 0) is 4.79 Å². The molecule has 0 atom stereocenters. The monoisotopic (exact) mass is 150 g/mol. The van der Waals surface area contributed by atoms with E-state index in [9.17, 15) is 4.79 Å². The summed E-state index contributed by atoms with van der Waals surface area (Å²) in [6.07, 6.45) is 3.69. The van der Waals surface area contributed by atoms with Crippen molar-refractivity contribution in [3.05, 3.63) is 11.1 Å². The van der Waals surface area contributed by atoms with Gasteiger partial charge in [0.25, 0.3) is 5.91 Å². The zero-order chi connectivity index (χ0) is 7.84. The molecule has 1 heterocycles. The molecule has 58 valence electrons. The van der Waals surface area contributed by atoms with E-state index in [4.69, 9.17) is 5.73 Å². The number of dihydropyridines is 1. The van der Waals surface area contributed by atoms with Gasteiger partial charge in [-0.1, -0.05) is 5.57 Å². The first kappa shape index (κ1) is 6.58. The third kappa shape index (κ3) is 0.964. The highest BCUT2D eigenvalue weighted by atomic mass is 16.1. The van der Waals surface area contributed by atoms with E-state index in [2.05, 4.69) is 4.99 Å². The second-order valence-electron chi connectivity index (χ2n) is 3.00. The Morgan fingerprint density at radius 1 is 1.36 bits per heavy atom. The predicted molar refractivity (Wildman–Crippen MR) is 42.1 cm³/mol. The van der Waals surface area contributed by atoms with Gasteiger partial charge in [0.2, 0.25) is 0 Å². The van der Waals surface area contributed by atoms with Crippen molar-refractivity contribution in [3.63, 3.8) is 0 Å². The van der Waals surface area contributed by atoms with Crippen molar-refractivity contribution in [1.29, 1.82) is 0 Å². The minimum atomic E-state index is -0.0804. The van der Waals surface area contributed by atoms with Gasteiger partial charge in [0, 0.05) is 0 Å². The summed E-state index contributed by atoms with van der Waals surface area (Å²) in [5.74, 6) is 0.386. The Kier molecular flexibility index (Phi) is 1.31. The topological polar surface area (TPSA) is 55.4 Å². The van der Waals surface area contributed by atoms with Crippen LogP contribution in [0.25, 0.3) is 0 Å². The van der Waals surface area contributed by atoms with E-state index >= 15 is 0 Å². The smallest absolute Gasteiger partial charge is 0.251 e. The summed E-state index contributed by atoms with van der Waals surface area (Å²) in [6, 6.07) is 0. The number of nitrogens with zero attached hydrogens (tertiary/aromatic N) is 1. The lowest BCUT2D eigenvalue weighted by atomic mass is 10.0. The summed E-state index contributed by atoms with van der Waals surface area (Å²) in [5, 5.41) is 0. The maximum absolute atomic E-state index is 10.9. The van der Waals surface area contributed by atoms with Crippen LogP contribution in [0.2, 0.25) is 0 Å². The molecule has 0 spiro atoms. The van der Waals surface area contributed by atoms with Gasteiger partial charge >= 0.3 is 0 Å². The average Bonchev–Trinajstić information content (AvgIpc) is 2.34. The highest BCUT2D eigenvalue weighted by Gasteiger charge is 2.23. The number of carbonyl (C=O) groups excluding carboxylic acids is 1. The molecule has 0 aromatic heterocycles. The highest BCUT2D eigenvalue weighted by Crippen LogP contribution is 2.30. The molecule has 0 unspecified atom stereocenters. The first-order chi connectivity index (χ1) is 5.27. The van der Waals surface area contributed by atoms with Crippen LogP contribution in [0.1, 0.15) is 25.7 Å². The summed E-state index contributed by atoms with van der Waals surface area (Å²) in [4.78, 5) is 14.6. The summed E-state index contributed by atoms with van der Waals surface area (Å²) in [6.45, 7) is 0. The summed E-state index contributed by atoms with van der Waals surface area (Å²) in [5.41, 5.74) is 7.95. The molecule has 1 amide bonds. The van der Waals surface area contributed by atoms with Crippen LogP contribution in [0, 0.1) is 0 Å². The SMILES string of the molecule is NC1=NC(=O)CC2=C1CCC2. The second kappa shape index (κ2) is 2.19. The summed E-state index contributed by atoms with van der Waals surface area (Å²) < 4.78 is 0. The maximum Gasteiger partial charge on any atom is 0.251 e. The standard InChI is InChI=1S/C8H10N2O/c9-8-6-3-1-2-5(6)4-7(11)10-8/h1-4H2,(H2,9,10,11). The largest absolute Gasteiger partial charge is 0.383 e. The Morgan fingerprint density at radius 3 is 3.00 bits per heavy atom. The number of amides is 1. The average molecular weight is 150 g/mol. The van der Waals surface area contributed by atoms with E-state index in [1.165, 1.54) is 5.57 Å². The molecule has 0 saturated heterocycles. The molecule has 0 saturated carbocycles. The van der Waals surface area contributed by atoms with Crippen LogP contribution in [0.3, 0.4) is 0 Å². The number of amidine groups is 1. The van der Waals surface area contributed by atoms with Gasteiger partial charge in [-0.05, 0) is 24.8 Å². The van der Waals surface area contributed by atoms with Crippen LogP contribution < -0.4 is 5.73 Å². The molecule has 0 bridgehead atoms. The van der Waals surface area contributed by atoms with Gasteiger partial charge < -0.3 is 5.73 Å². The maximum atomic E-state index is 10.9. The van der Waals surface area contributed by atoms with Crippen molar-refractivity contribution >= 4 is 11.7 Å². The van der Waals surface area contributed by atoms with Gasteiger partial charge in [-0.25, -0.2) is 0 Å². The Morgan fingerprint density at radius 2 is 2.18 bits per heavy atom. The molecule has 2 aliphatic rings. The Balaban J connectivity index is 2.38. The van der Waals surface area contributed by atoms with Crippen molar-refractivity contribution < 1.29 is 4.79 Å². The molecular weight excluding hydrogens is 140 g/mol. The zero-order valence-electron chi connectivity index (χ0n) is 6.26. The number of nitrogens with two attached hydrogens (primary N) is 1. The van der Waals surface area contributed by atoms with E-state index in [1.807, 2.05) is 0 Å². The molecule has 2 rings (SSSR count). The van der Waals surface area contributed by atoms with Gasteiger partial charge in [0.1, 0.15) is 5.84 Å². The predicted octanol–water partition coefficient (Wildman–Crippen LogP) is 0.754. The number of hydrogen-bond donors (Lipinski definition) is 1. The zero-order valence-corrected chi connectivity index (χ0v) is 6.26. The fourth-order valence-corrected chi connectivity index (χ4v) is 1.73. The van der Waals surface area contributed by atoms with Gasteiger partial charge in [-0.15, -0.1) is 0 Å². The van der Waals surface area contributed by atoms with E-state index < -0.39 is 0 Å². The highest BCUT2D eigenvalue weighted by molar-refractivity contribution is 6.08. The third-order valence-corrected chi connectivity index (χ3v) is 2.25. The van der Waals surface area contributed by atoms with E-state index in [1.54, 1.807) is 0 Å². The number of rotatable bonds is 0. The van der Waals surface area contributed by atoms with Crippen molar-refractivity contribution in [2.75, 3.05) is 0 Å². The molecular formula is C8H10N2O. The minimum Gasteiger partial charge on any atom is -0.383 e. The Hall–Kier alpha value is -1.12. The molecule has 2 N–H and O–H groups in total. The first-order valence-corrected chi connectivity index (χ1v) is 3.85. The summed E-state index contributed by atoms with van der Waals surface area (Å²) in [7, 11) is 0. The Bertz CT molecular complexity index is 276. The third-order valence-electron chi connectivity index (χ3n) is 2.25. The normalized spacial score (nSPS) is 23.6. The molecule has 1 aliphatic heterocycles. The molecule has 3 nitrogen and oxygen atoms in total. The first-order valence-electron chi connectivity index (χ1n) is 3.85. The lowest BCUT2D eigenvalue weighted by Crippen LogP contribution is -2.21. The fraction of sp³-hybridized carbons (Fsp3) is 0.500. The van der Waals surface area contributed by atoms with Crippen molar-refractivity contribution in [2.45, 2.75) is 25.7 Å². The van der Waals surface area contributed by atoms with Gasteiger partial charge in [-0.3, -0.25) is 4.79 Å². The van der Waals surface area contributed by atoms with Crippen LogP contribution in [0.15, 0.2) is 16.1 Å². The van der Waals surface area contributed by atoms with Crippen LogP contribution in [-0.4, -0.2) is 11.7 Å². The molecule has 1 aliphatic carbocycles. The molecule has 0 fully saturated rings. The number of carbonyl (C=O) groups is 1. The van der Waals surface area contributed by atoms with E-state index in [0.29, 0.717) is 12.3 Å². The lowest BCUT2D eigenvalue weighted by Gasteiger charge is -2.09. The quantitative estimate of drug-likeness (QED) is 0.554. The molecule has 0 aromatic rings. The van der Waals surface area contributed by atoms with E-state index in [-0.39, 0.29) is 5.91 Å². The van der Waals surface area contributed by atoms with Crippen molar-refractivity contribution in [1.82, 2.24) is 0 Å². The van der Waals surface area contributed by atoms with Gasteiger partial charge in [0.05, 0.1) is 6.42 Å². The summed E-state index contributed by atoms with van der Waals surface area (Å²) >= 11 is 0. The van der Waals surface area contributed by atoms with Gasteiger partial charge in [-0.2, -0.15) is 4.99 Å².